The van der Waals surface area contributed by atoms with Crippen molar-refractivity contribution in [2.24, 2.45) is 0 Å². The number of carbonyl (C=O) groups is 1. The number of thioether (sulfide) groups is 2. The van der Waals surface area contributed by atoms with Crippen LogP contribution in [0.15, 0.2) is 39.1 Å². The molecule has 0 saturated carbocycles. The highest BCUT2D eigenvalue weighted by atomic mass is 32.2. The van der Waals surface area contributed by atoms with Crippen molar-refractivity contribution in [1.29, 1.82) is 0 Å². The minimum absolute atomic E-state index is 0.0598. The molecule has 2 heterocycles. The van der Waals surface area contributed by atoms with Gasteiger partial charge in [-0.15, -0.1) is 11.8 Å². The third kappa shape index (κ3) is 3.69. The molecule has 0 amide bonds. The summed E-state index contributed by atoms with van der Waals surface area (Å²) in [4.78, 5) is 30.7. The predicted octanol–water partition coefficient (Wildman–Crippen LogP) is 3.62. The number of nitrogens with zero attached hydrogens (tertiary/aromatic N) is 2. The first-order chi connectivity index (χ1) is 12.4. The minimum atomic E-state index is -0.395. The van der Waals surface area contributed by atoms with Crippen molar-refractivity contribution in [3.8, 4) is 5.69 Å². The van der Waals surface area contributed by atoms with Gasteiger partial charge in [-0.05, 0) is 25.5 Å². The van der Waals surface area contributed by atoms with Crippen LogP contribution in [-0.2, 0) is 16.0 Å². The van der Waals surface area contributed by atoms with E-state index in [4.69, 9.17) is 9.72 Å². The lowest BCUT2D eigenvalue weighted by Gasteiger charge is -2.17. The summed E-state index contributed by atoms with van der Waals surface area (Å²) in [6.45, 7) is 6.03. The van der Waals surface area contributed by atoms with E-state index in [1.807, 2.05) is 38.1 Å². The van der Waals surface area contributed by atoms with Gasteiger partial charge in [0.2, 0.25) is 0 Å². The lowest BCUT2D eigenvalue weighted by Crippen LogP contribution is -2.26. The molecule has 0 bridgehead atoms. The third-order valence-electron chi connectivity index (χ3n) is 4.26. The maximum atomic E-state index is 13.2. The van der Waals surface area contributed by atoms with E-state index in [1.165, 1.54) is 18.9 Å². The molecule has 7 heteroatoms. The number of methoxy groups -OCH3 is 1. The summed E-state index contributed by atoms with van der Waals surface area (Å²) in [5.41, 5.74) is 2.65. The second kappa shape index (κ2) is 7.88. The number of fused-ring (bicyclic) bond motifs is 1. The molecule has 1 aliphatic heterocycles. The Morgan fingerprint density at radius 2 is 2.12 bits per heavy atom. The van der Waals surface area contributed by atoms with Gasteiger partial charge < -0.3 is 4.74 Å². The van der Waals surface area contributed by atoms with Crippen molar-refractivity contribution in [2.75, 3.05) is 7.11 Å². The van der Waals surface area contributed by atoms with E-state index < -0.39 is 5.25 Å². The summed E-state index contributed by atoms with van der Waals surface area (Å²) in [5, 5.41) is 0.483. The van der Waals surface area contributed by atoms with E-state index in [-0.39, 0.29) is 11.5 Å². The Balaban J connectivity index is 2.14. The minimum Gasteiger partial charge on any atom is -0.468 e. The Bertz CT molecular complexity index is 878. The third-order valence-corrected chi connectivity index (χ3v) is 6.77. The molecule has 0 aliphatic carbocycles. The van der Waals surface area contributed by atoms with Crippen LogP contribution in [0, 0.1) is 6.92 Å². The summed E-state index contributed by atoms with van der Waals surface area (Å²) in [7, 11) is 1.38. The molecule has 2 atom stereocenters. The number of ether oxygens (including phenoxy) is 1. The Morgan fingerprint density at radius 3 is 2.73 bits per heavy atom. The van der Waals surface area contributed by atoms with Gasteiger partial charge in [0.15, 0.2) is 5.16 Å². The van der Waals surface area contributed by atoms with Gasteiger partial charge in [0.05, 0.1) is 23.4 Å². The van der Waals surface area contributed by atoms with Gasteiger partial charge >= 0.3 is 5.97 Å². The van der Waals surface area contributed by atoms with Crippen molar-refractivity contribution in [3.63, 3.8) is 0 Å². The van der Waals surface area contributed by atoms with Gasteiger partial charge in [0, 0.05) is 11.7 Å². The average molecular weight is 391 g/mol. The SMILES string of the molecule is CC[C@@H](Sc1nc2c(c(=O)n1-c1ccc(C)cc1)S[C@H](C)C2)C(=O)OC. The second-order valence-corrected chi connectivity index (χ2v) is 8.94. The monoisotopic (exact) mass is 390 g/mol. The molecule has 2 aromatic rings. The van der Waals surface area contributed by atoms with Gasteiger partial charge in [-0.2, -0.15) is 0 Å². The van der Waals surface area contributed by atoms with Gasteiger partial charge in [-0.3, -0.25) is 14.2 Å². The van der Waals surface area contributed by atoms with E-state index in [1.54, 1.807) is 16.3 Å². The molecule has 0 saturated heterocycles. The van der Waals surface area contributed by atoms with E-state index >= 15 is 0 Å². The zero-order valence-corrected chi connectivity index (χ0v) is 16.9. The standard InChI is InChI=1S/C19H22N2O3S2/c1-5-15(18(23)24-4)26-19-20-14-10-12(3)25-16(14)17(22)21(19)13-8-6-11(2)7-9-13/h6-9,12,15H,5,10H2,1-4H3/t12-,15-/m1/s1. The number of benzene rings is 1. The first kappa shape index (κ1) is 19.0. The molecule has 0 radical (unpaired) electrons. The first-order valence-corrected chi connectivity index (χ1v) is 10.3. The molecule has 26 heavy (non-hydrogen) atoms. The van der Waals surface area contributed by atoms with Gasteiger partial charge in [0.25, 0.3) is 5.56 Å². The highest BCUT2D eigenvalue weighted by Crippen LogP contribution is 2.36. The molecule has 5 nitrogen and oxygen atoms in total. The summed E-state index contributed by atoms with van der Waals surface area (Å²) in [6, 6.07) is 7.77. The zero-order chi connectivity index (χ0) is 18.8. The van der Waals surface area contributed by atoms with Crippen LogP contribution in [0.1, 0.15) is 31.5 Å². The van der Waals surface area contributed by atoms with Crippen LogP contribution in [0.5, 0.6) is 0 Å². The highest BCUT2D eigenvalue weighted by molar-refractivity contribution is 8.00. The van der Waals surface area contributed by atoms with Crippen molar-refractivity contribution in [1.82, 2.24) is 9.55 Å². The molecule has 0 unspecified atom stereocenters. The Hall–Kier alpha value is -1.73. The van der Waals surface area contributed by atoms with Gasteiger partial charge in [0.1, 0.15) is 5.25 Å². The number of esters is 1. The Kier molecular flexibility index (Phi) is 5.77. The fourth-order valence-corrected chi connectivity index (χ4v) is 5.03. The maximum absolute atomic E-state index is 13.2. The number of aryl methyl sites for hydroxylation is 1. The van der Waals surface area contributed by atoms with Gasteiger partial charge in [-0.1, -0.05) is 43.3 Å². The predicted molar refractivity (Wildman–Crippen MR) is 106 cm³/mol. The first-order valence-electron chi connectivity index (χ1n) is 8.58. The molecule has 0 N–H and O–H groups in total. The second-order valence-electron chi connectivity index (χ2n) is 6.32. The molecular formula is C19H22N2O3S2. The van der Waals surface area contributed by atoms with Crippen molar-refractivity contribution in [2.45, 2.75) is 54.2 Å². The van der Waals surface area contributed by atoms with Crippen molar-refractivity contribution < 1.29 is 9.53 Å². The van der Waals surface area contributed by atoms with Crippen molar-refractivity contribution in [3.05, 3.63) is 45.9 Å². The normalized spacial score (nSPS) is 17.0. The average Bonchev–Trinajstić information content (AvgIpc) is 3.01. The number of hydrogen-bond acceptors (Lipinski definition) is 6. The zero-order valence-electron chi connectivity index (χ0n) is 15.3. The summed E-state index contributed by atoms with van der Waals surface area (Å²) < 4.78 is 6.52. The molecule has 1 aromatic carbocycles. The van der Waals surface area contributed by atoms with Crippen LogP contribution in [0.4, 0.5) is 0 Å². The quantitative estimate of drug-likeness (QED) is 0.441. The summed E-state index contributed by atoms with van der Waals surface area (Å²) in [6.07, 6.45) is 1.37. The van der Waals surface area contributed by atoms with Crippen molar-refractivity contribution >= 4 is 29.5 Å². The number of carbonyl (C=O) groups excluding carboxylic acids is 1. The topological polar surface area (TPSA) is 61.2 Å². The Morgan fingerprint density at radius 1 is 1.42 bits per heavy atom. The summed E-state index contributed by atoms with van der Waals surface area (Å²) >= 11 is 2.87. The van der Waals surface area contributed by atoms with E-state index in [9.17, 15) is 9.59 Å². The summed E-state index contributed by atoms with van der Waals surface area (Å²) in [5.74, 6) is -0.301. The highest BCUT2D eigenvalue weighted by Gasteiger charge is 2.29. The maximum Gasteiger partial charge on any atom is 0.319 e. The van der Waals surface area contributed by atoms with E-state index in [2.05, 4.69) is 6.92 Å². The number of rotatable bonds is 5. The Labute approximate surface area is 161 Å². The molecule has 138 valence electrons. The fourth-order valence-electron chi connectivity index (χ4n) is 2.86. The lowest BCUT2D eigenvalue weighted by atomic mass is 10.2. The largest absolute Gasteiger partial charge is 0.468 e. The smallest absolute Gasteiger partial charge is 0.319 e. The van der Waals surface area contributed by atoms with Crippen LogP contribution in [0.2, 0.25) is 0 Å². The molecular weight excluding hydrogens is 368 g/mol. The van der Waals surface area contributed by atoms with Crippen LogP contribution in [0.25, 0.3) is 5.69 Å². The molecule has 1 aromatic heterocycles. The van der Waals surface area contributed by atoms with Crippen LogP contribution >= 0.6 is 23.5 Å². The fraction of sp³-hybridized carbons (Fsp3) is 0.421. The molecule has 0 fully saturated rings. The number of hydrogen-bond donors (Lipinski definition) is 0. The van der Waals surface area contributed by atoms with Gasteiger partial charge in [-0.25, -0.2) is 4.98 Å². The van der Waals surface area contributed by atoms with Crippen LogP contribution in [-0.4, -0.2) is 33.1 Å². The van der Waals surface area contributed by atoms with E-state index in [0.717, 1.165) is 23.4 Å². The van der Waals surface area contributed by atoms with Crippen LogP contribution in [0.3, 0.4) is 0 Å². The van der Waals surface area contributed by atoms with E-state index in [0.29, 0.717) is 21.7 Å². The molecule has 3 rings (SSSR count). The molecule has 0 spiro atoms. The lowest BCUT2D eigenvalue weighted by molar-refractivity contribution is -0.140. The molecule has 1 aliphatic rings. The number of aromatic nitrogens is 2. The van der Waals surface area contributed by atoms with Crippen LogP contribution < -0.4 is 5.56 Å².